The SMILES string of the molecule is Cc1ccc(Cl)cc1.Nc1ccc(F)cc1. The molecule has 84 valence electrons. The van der Waals surface area contributed by atoms with Crippen LogP contribution in [-0.4, -0.2) is 0 Å². The molecule has 0 radical (unpaired) electrons. The Morgan fingerprint density at radius 2 is 1.44 bits per heavy atom. The molecule has 0 unspecified atom stereocenters. The molecule has 2 rings (SSSR count). The third kappa shape index (κ3) is 4.80. The van der Waals surface area contributed by atoms with Gasteiger partial charge in [0.25, 0.3) is 0 Å². The number of anilines is 1. The van der Waals surface area contributed by atoms with E-state index in [1.165, 1.54) is 29.8 Å². The van der Waals surface area contributed by atoms with Crippen LogP contribution >= 0.6 is 11.6 Å². The zero-order valence-corrected chi connectivity index (χ0v) is 9.71. The lowest BCUT2D eigenvalue weighted by molar-refractivity contribution is 0.628. The van der Waals surface area contributed by atoms with Gasteiger partial charge in [0.2, 0.25) is 0 Å². The second-order valence-corrected chi connectivity index (χ2v) is 3.78. The third-order valence-electron chi connectivity index (χ3n) is 1.88. The molecular weight excluding hydrogens is 225 g/mol. The predicted molar refractivity (Wildman–Crippen MR) is 67.0 cm³/mol. The van der Waals surface area contributed by atoms with E-state index in [0.717, 1.165) is 5.02 Å². The maximum atomic E-state index is 12.0. The second-order valence-electron chi connectivity index (χ2n) is 3.35. The van der Waals surface area contributed by atoms with E-state index in [-0.39, 0.29) is 5.82 Å². The van der Waals surface area contributed by atoms with Crippen molar-refractivity contribution in [3.05, 3.63) is 64.9 Å². The molecule has 0 aliphatic heterocycles. The first-order valence-electron chi connectivity index (χ1n) is 4.81. The van der Waals surface area contributed by atoms with Crippen LogP contribution in [0.5, 0.6) is 0 Å². The molecule has 0 heterocycles. The molecule has 0 aliphatic rings. The van der Waals surface area contributed by atoms with Crippen molar-refractivity contribution < 1.29 is 4.39 Å². The molecule has 0 atom stereocenters. The summed E-state index contributed by atoms with van der Waals surface area (Å²) in [5, 5.41) is 0.801. The van der Waals surface area contributed by atoms with Crippen LogP contribution in [0.25, 0.3) is 0 Å². The molecule has 2 aromatic rings. The van der Waals surface area contributed by atoms with Crippen molar-refractivity contribution in [3.63, 3.8) is 0 Å². The highest BCUT2D eigenvalue weighted by atomic mass is 35.5. The van der Waals surface area contributed by atoms with Gasteiger partial charge in [0.1, 0.15) is 5.82 Å². The summed E-state index contributed by atoms with van der Waals surface area (Å²) < 4.78 is 12.0. The highest BCUT2D eigenvalue weighted by molar-refractivity contribution is 6.30. The van der Waals surface area contributed by atoms with E-state index in [0.29, 0.717) is 5.69 Å². The summed E-state index contributed by atoms with van der Waals surface area (Å²) in [6.07, 6.45) is 0. The minimum atomic E-state index is -0.251. The van der Waals surface area contributed by atoms with Crippen molar-refractivity contribution in [2.75, 3.05) is 5.73 Å². The number of aryl methyl sites for hydroxylation is 1. The summed E-state index contributed by atoms with van der Waals surface area (Å²) in [7, 11) is 0. The van der Waals surface area contributed by atoms with E-state index in [1.807, 2.05) is 31.2 Å². The normalized spacial score (nSPS) is 9.19. The van der Waals surface area contributed by atoms with Gasteiger partial charge in [-0.25, -0.2) is 4.39 Å². The second kappa shape index (κ2) is 6.13. The zero-order chi connectivity index (χ0) is 12.0. The minimum Gasteiger partial charge on any atom is -0.399 e. The Labute approximate surface area is 99.7 Å². The fourth-order valence-electron chi connectivity index (χ4n) is 0.996. The average Bonchev–Trinajstić information content (AvgIpc) is 2.28. The van der Waals surface area contributed by atoms with Crippen molar-refractivity contribution in [2.45, 2.75) is 6.92 Å². The highest BCUT2D eigenvalue weighted by Gasteiger charge is 1.84. The molecule has 0 saturated heterocycles. The monoisotopic (exact) mass is 237 g/mol. The summed E-state index contributed by atoms with van der Waals surface area (Å²) >= 11 is 5.61. The smallest absolute Gasteiger partial charge is 0.123 e. The quantitative estimate of drug-likeness (QED) is 0.687. The Kier molecular flexibility index (Phi) is 4.80. The van der Waals surface area contributed by atoms with Crippen LogP contribution in [0.15, 0.2) is 48.5 Å². The van der Waals surface area contributed by atoms with Crippen LogP contribution in [0, 0.1) is 12.7 Å². The number of benzene rings is 2. The Bertz CT molecular complexity index is 337. The first kappa shape index (κ1) is 12.5. The highest BCUT2D eigenvalue weighted by Crippen LogP contribution is 2.07. The van der Waals surface area contributed by atoms with Gasteiger partial charge in [0, 0.05) is 10.7 Å². The topological polar surface area (TPSA) is 26.0 Å². The van der Waals surface area contributed by atoms with E-state index >= 15 is 0 Å². The summed E-state index contributed by atoms with van der Waals surface area (Å²) in [6.45, 7) is 2.04. The lowest BCUT2D eigenvalue weighted by Crippen LogP contribution is -1.82. The van der Waals surface area contributed by atoms with Gasteiger partial charge < -0.3 is 5.73 Å². The molecule has 16 heavy (non-hydrogen) atoms. The van der Waals surface area contributed by atoms with Gasteiger partial charge in [0.15, 0.2) is 0 Å². The Morgan fingerprint density at radius 3 is 1.81 bits per heavy atom. The van der Waals surface area contributed by atoms with E-state index in [1.54, 1.807) is 0 Å². The van der Waals surface area contributed by atoms with E-state index < -0.39 is 0 Å². The van der Waals surface area contributed by atoms with Gasteiger partial charge in [-0.05, 0) is 43.3 Å². The molecule has 0 fully saturated rings. The molecule has 2 N–H and O–H groups in total. The first-order valence-corrected chi connectivity index (χ1v) is 5.19. The molecule has 0 saturated carbocycles. The largest absolute Gasteiger partial charge is 0.399 e. The van der Waals surface area contributed by atoms with Gasteiger partial charge in [-0.1, -0.05) is 29.3 Å². The fourth-order valence-corrected chi connectivity index (χ4v) is 1.12. The molecule has 3 heteroatoms. The van der Waals surface area contributed by atoms with Crippen LogP contribution in [0.3, 0.4) is 0 Å². The molecule has 0 aliphatic carbocycles. The maximum absolute atomic E-state index is 12.0. The van der Waals surface area contributed by atoms with E-state index in [4.69, 9.17) is 17.3 Å². The van der Waals surface area contributed by atoms with Crippen molar-refractivity contribution in [1.29, 1.82) is 0 Å². The average molecular weight is 238 g/mol. The third-order valence-corrected chi connectivity index (χ3v) is 2.13. The summed E-state index contributed by atoms with van der Waals surface area (Å²) in [5.41, 5.74) is 7.09. The van der Waals surface area contributed by atoms with Gasteiger partial charge in [0.05, 0.1) is 0 Å². The maximum Gasteiger partial charge on any atom is 0.123 e. The lowest BCUT2D eigenvalue weighted by atomic mass is 10.2. The van der Waals surface area contributed by atoms with Crippen molar-refractivity contribution >= 4 is 17.3 Å². The van der Waals surface area contributed by atoms with E-state index in [9.17, 15) is 4.39 Å². The van der Waals surface area contributed by atoms with Crippen molar-refractivity contribution in [3.8, 4) is 0 Å². The molecule has 0 aromatic heterocycles. The van der Waals surface area contributed by atoms with Crippen LogP contribution in [0.1, 0.15) is 5.56 Å². The molecule has 0 spiro atoms. The standard InChI is InChI=1S/C7H7Cl.C6H6FN/c1-6-2-4-7(8)5-3-6;7-5-1-3-6(8)4-2-5/h2-5H,1H3;1-4H,8H2. The molecular formula is C13H13ClFN. The van der Waals surface area contributed by atoms with Gasteiger partial charge >= 0.3 is 0 Å². The Balaban J connectivity index is 0.000000160. The molecule has 1 nitrogen and oxygen atoms in total. The van der Waals surface area contributed by atoms with Crippen molar-refractivity contribution in [1.82, 2.24) is 0 Å². The Morgan fingerprint density at radius 1 is 0.938 bits per heavy atom. The summed E-state index contributed by atoms with van der Waals surface area (Å²) in [5.74, 6) is -0.251. The van der Waals surface area contributed by atoms with Crippen LogP contribution in [0.4, 0.5) is 10.1 Å². The predicted octanol–water partition coefficient (Wildman–Crippen LogP) is 4.06. The number of nitrogen functional groups attached to an aromatic ring is 1. The van der Waals surface area contributed by atoms with Gasteiger partial charge in [-0.3, -0.25) is 0 Å². The van der Waals surface area contributed by atoms with Gasteiger partial charge in [-0.15, -0.1) is 0 Å². The lowest BCUT2D eigenvalue weighted by Gasteiger charge is -1.88. The number of halogens is 2. The number of hydrogen-bond acceptors (Lipinski definition) is 1. The van der Waals surface area contributed by atoms with Gasteiger partial charge in [-0.2, -0.15) is 0 Å². The number of rotatable bonds is 0. The van der Waals surface area contributed by atoms with Crippen LogP contribution in [0.2, 0.25) is 5.02 Å². The summed E-state index contributed by atoms with van der Waals surface area (Å²) in [4.78, 5) is 0. The number of hydrogen-bond donors (Lipinski definition) is 1. The summed E-state index contributed by atoms with van der Waals surface area (Å²) in [6, 6.07) is 13.5. The molecule has 0 bridgehead atoms. The van der Waals surface area contributed by atoms with Crippen LogP contribution < -0.4 is 5.73 Å². The molecule has 2 aromatic carbocycles. The molecule has 0 amide bonds. The minimum absolute atomic E-state index is 0.251. The van der Waals surface area contributed by atoms with E-state index in [2.05, 4.69) is 0 Å². The van der Waals surface area contributed by atoms with Crippen LogP contribution in [-0.2, 0) is 0 Å². The zero-order valence-electron chi connectivity index (χ0n) is 8.95. The first-order chi connectivity index (χ1) is 7.58. The Hall–Kier alpha value is -1.54. The fraction of sp³-hybridized carbons (Fsp3) is 0.0769. The van der Waals surface area contributed by atoms with Crippen molar-refractivity contribution in [2.24, 2.45) is 0 Å². The number of nitrogens with two attached hydrogens (primary N) is 1.